The molecule has 0 saturated carbocycles. The smallest absolute Gasteiger partial charge is 0.316 e. The van der Waals surface area contributed by atoms with Gasteiger partial charge in [0.05, 0.1) is 25.2 Å². The van der Waals surface area contributed by atoms with E-state index in [1.54, 1.807) is 7.11 Å². The van der Waals surface area contributed by atoms with Crippen molar-refractivity contribution in [3.8, 4) is 6.01 Å². The first-order valence-corrected chi connectivity index (χ1v) is 5.38. The molecule has 0 atom stereocenters. The second-order valence-corrected chi connectivity index (χ2v) is 4.09. The van der Waals surface area contributed by atoms with Gasteiger partial charge in [-0.15, -0.1) is 12.4 Å². The largest absolute Gasteiger partial charge is 0.467 e. The molecule has 1 aromatic heterocycles. The lowest BCUT2D eigenvalue weighted by molar-refractivity contribution is 0.380. The highest BCUT2D eigenvalue weighted by atomic mass is 35.5. The van der Waals surface area contributed by atoms with E-state index in [1.165, 1.54) is 11.1 Å². The monoisotopic (exact) mass is 254 g/mol. The predicted octanol–water partition coefficient (Wildman–Crippen LogP) is 0.627. The zero-order chi connectivity index (χ0) is 11.0. The minimum absolute atomic E-state index is 0. The van der Waals surface area contributed by atoms with Crippen LogP contribution in [0.3, 0.4) is 0 Å². The zero-order valence-corrected chi connectivity index (χ0v) is 10.5. The van der Waals surface area contributed by atoms with E-state index in [-0.39, 0.29) is 12.4 Å². The molecule has 0 radical (unpaired) electrons. The third kappa shape index (κ3) is 2.21. The molecule has 3 rings (SSSR count). The maximum absolute atomic E-state index is 4.95. The maximum Gasteiger partial charge on any atom is 0.316 e. The number of methoxy groups -OCH3 is 1. The van der Waals surface area contributed by atoms with Gasteiger partial charge in [0.1, 0.15) is 0 Å². The van der Waals surface area contributed by atoms with Crippen LogP contribution in [0, 0.1) is 0 Å². The molecule has 0 fully saturated rings. The number of nitrogens with zero attached hydrogens (tertiary/aromatic N) is 3. The number of nitrogens with one attached hydrogen (secondary N) is 1. The number of rotatable bonds is 2. The molecule has 3 heterocycles. The molecule has 0 aromatic carbocycles. The van der Waals surface area contributed by atoms with E-state index in [2.05, 4.69) is 20.2 Å². The highest BCUT2D eigenvalue weighted by Gasteiger charge is 2.25. The van der Waals surface area contributed by atoms with Crippen LogP contribution in [0.5, 0.6) is 6.01 Å². The van der Waals surface area contributed by atoms with Crippen LogP contribution >= 0.6 is 12.4 Å². The Labute approximate surface area is 106 Å². The molecular formula is C11H15ClN4O. The van der Waals surface area contributed by atoms with Crippen LogP contribution in [0.25, 0.3) is 0 Å². The molecule has 6 heteroatoms. The third-order valence-corrected chi connectivity index (χ3v) is 3.10. The fourth-order valence-electron chi connectivity index (χ4n) is 2.23. The Morgan fingerprint density at radius 1 is 1.18 bits per heavy atom. The summed E-state index contributed by atoms with van der Waals surface area (Å²) >= 11 is 0. The standard InChI is InChI=1S/C11H14N4O.ClH/c1-16-11-13-4-10(5-14-11)15-6-8-2-12-3-9(8)7-15;/h4-5,12H,2-3,6-7H2,1H3;1H. The van der Waals surface area contributed by atoms with Gasteiger partial charge in [-0.1, -0.05) is 0 Å². The quantitative estimate of drug-likeness (QED) is 0.785. The van der Waals surface area contributed by atoms with Gasteiger partial charge >= 0.3 is 6.01 Å². The van der Waals surface area contributed by atoms with Gasteiger partial charge in [-0.05, 0) is 11.1 Å². The first-order valence-electron chi connectivity index (χ1n) is 5.38. The van der Waals surface area contributed by atoms with Crippen LogP contribution in [0.4, 0.5) is 5.69 Å². The van der Waals surface area contributed by atoms with Gasteiger partial charge in [-0.2, -0.15) is 0 Å². The van der Waals surface area contributed by atoms with E-state index in [0.29, 0.717) is 6.01 Å². The van der Waals surface area contributed by atoms with Crippen LogP contribution in [0.1, 0.15) is 0 Å². The molecule has 17 heavy (non-hydrogen) atoms. The number of anilines is 1. The molecule has 5 nitrogen and oxygen atoms in total. The number of halogens is 1. The third-order valence-electron chi connectivity index (χ3n) is 3.10. The van der Waals surface area contributed by atoms with Gasteiger partial charge < -0.3 is 15.0 Å². The molecule has 1 N–H and O–H groups in total. The van der Waals surface area contributed by atoms with E-state index in [1.807, 2.05) is 12.4 Å². The van der Waals surface area contributed by atoms with Crippen molar-refractivity contribution in [3.05, 3.63) is 23.5 Å². The Bertz CT molecular complexity index is 416. The lowest BCUT2D eigenvalue weighted by Gasteiger charge is -2.19. The SMILES string of the molecule is COc1ncc(N2CC3=C(CNC3)C2)cn1.Cl. The maximum atomic E-state index is 4.95. The summed E-state index contributed by atoms with van der Waals surface area (Å²) in [6.07, 6.45) is 3.64. The molecule has 0 saturated heterocycles. The van der Waals surface area contributed by atoms with Gasteiger partial charge in [0.2, 0.25) is 0 Å². The van der Waals surface area contributed by atoms with Crippen molar-refractivity contribution in [2.75, 3.05) is 38.2 Å². The molecule has 1 aromatic rings. The molecule has 92 valence electrons. The van der Waals surface area contributed by atoms with Crippen molar-refractivity contribution in [2.45, 2.75) is 0 Å². The zero-order valence-electron chi connectivity index (χ0n) is 9.64. The van der Waals surface area contributed by atoms with Crippen LogP contribution in [-0.2, 0) is 0 Å². The lowest BCUT2D eigenvalue weighted by Crippen LogP contribution is -2.26. The van der Waals surface area contributed by atoms with E-state index < -0.39 is 0 Å². The van der Waals surface area contributed by atoms with Crippen molar-refractivity contribution in [3.63, 3.8) is 0 Å². The second-order valence-electron chi connectivity index (χ2n) is 4.09. The molecular weight excluding hydrogens is 240 g/mol. The predicted molar refractivity (Wildman–Crippen MR) is 67.9 cm³/mol. The molecule has 2 aliphatic rings. The average Bonchev–Trinajstić information content (AvgIpc) is 2.89. The summed E-state index contributed by atoms with van der Waals surface area (Å²) in [6, 6.07) is 0.421. The van der Waals surface area contributed by atoms with Crippen molar-refractivity contribution >= 4 is 18.1 Å². The highest BCUT2D eigenvalue weighted by molar-refractivity contribution is 5.85. The van der Waals surface area contributed by atoms with Crippen LogP contribution in [0.15, 0.2) is 23.5 Å². The lowest BCUT2D eigenvalue weighted by atomic mass is 10.2. The Balaban J connectivity index is 0.00000108. The van der Waals surface area contributed by atoms with Crippen LogP contribution in [-0.4, -0.2) is 43.3 Å². The number of hydrogen-bond acceptors (Lipinski definition) is 5. The first kappa shape index (κ1) is 12.1. The van der Waals surface area contributed by atoms with E-state index >= 15 is 0 Å². The molecule has 0 amide bonds. The van der Waals surface area contributed by atoms with Crippen LogP contribution < -0.4 is 15.0 Å². The second kappa shape index (κ2) is 4.89. The summed E-state index contributed by atoms with van der Waals surface area (Å²) in [7, 11) is 1.58. The van der Waals surface area contributed by atoms with Gasteiger partial charge in [0, 0.05) is 26.2 Å². The van der Waals surface area contributed by atoms with E-state index in [9.17, 15) is 0 Å². The number of hydrogen-bond donors (Lipinski definition) is 1. The summed E-state index contributed by atoms with van der Waals surface area (Å²) in [5.41, 5.74) is 4.11. The topological polar surface area (TPSA) is 50.3 Å². The molecule has 0 aliphatic carbocycles. The first-order chi connectivity index (χ1) is 7.86. The van der Waals surface area contributed by atoms with Crippen molar-refractivity contribution in [2.24, 2.45) is 0 Å². The van der Waals surface area contributed by atoms with E-state index in [4.69, 9.17) is 4.74 Å². The molecule has 0 spiro atoms. The summed E-state index contributed by atoms with van der Waals surface area (Å²) in [5.74, 6) is 0. The summed E-state index contributed by atoms with van der Waals surface area (Å²) in [6.45, 7) is 4.06. The number of aromatic nitrogens is 2. The fraction of sp³-hybridized carbons (Fsp3) is 0.455. The fourth-order valence-corrected chi connectivity index (χ4v) is 2.23. The van der Waals surface area contributed by atoms with Crippen LogP contribution in [0.2, 0.25) is 0 Å². The van der Waals surface area contributed by atoms with Gasteiger partial charge in [-0.25, -0.2) is 9.97 Å². The average molecular weight is 255 g/mol. The Morgan fingerprint density at radius 2 is 1.76 bits per heavy atom. The summed E-state index contributed by atoms with van der Waals surface area (Å²) in [5, 5.41) is 3.36. The summed E-state index contributed by atoms with van der Waals surface area (Å²) in [4.78, 5) is 10.5. The van der Waals surface area contributed by atoms with Crippen molar-refractivity contribution < 1.29 is 4.74 Å². The number of ether oxygens (including phenoxy) is 1. The van der Waals surface area contributed by atoms with Crippen molar-refractivity contribution in [1.29, 1.82) is 0 Å². The summed E-state index contributed by atoms with van der Waals surface area (Å²) < 4.78 is 4.95. The molecule has 0 unspecified atom stereocenters. The van der Waals surface area contributed by atoms with Gasteiger partial charge in [-0.3, -0.25) is 0 Å². The minimum atomic E-state index is 0. The Hall–Kier alpha value is -1.33. The normalized spacial score (nSPS) is 18.1. The Morgan fingerprint density at radius 3 is 2.29 bits per heavy atom. The molecule has 2 aliphatic heterocycles. The van der Waals surface area contributed by atoms with E-state index in [0.717, 1.165) is 31.9 Å². The van der Waals surface area contributed by atoms with Crippen molar-refractivity contribution in [1.82, 2.24) is 15.3 Å². The van der Waals surface area contributed by atoms with Gasteiger partial charge in [0.25, 0.3) is 0 Å². The van der Waals surface area contributed by atoms with Gasteiger partial charge in [0.15, 0.2) is 0 Å². The Kier molecular flexibility index (Phi) is 3.49. The highest BCUT2D eigenvalue weighted by Crippen LogP contribution is 2.25. The molecule has 0 bridgehead atoms. The minimum Gasteiger partial charge on any atom is -0.467 e.